The van der Waals surface area contributed by atoms with Gasteiger partial charge in [0.25, 0.3) is 0 Å². The third-order valence-corrected chi connectivity index (χ3v) is 5.12. The van der Waals surface area contributed by atoms with Gasteiger partial charge in [-0.25, -0.2) is 0 Å². The lowest BCUT2D eigenvalue weighted by Crippen LogP contribution is -2.02. The summed E-state index contributed by atoms with van der Waals surface area (Å²) in [5, 5.41) is 10.1. The van der Waals surface area contributed by atoms with Gasteiger partial charge in [-0.1, -0.05) is 78.3 Å². The fraction of sp³-hybridized carbons (Fsp3) is 0.115. The Morgan fingerprint density at radius 3 is 1.97 bits per heavy atom. The summed E-state index contributed by atoms with van der Waals surface area (Å²) in [4.78, 5) is 4.61. The first kappa shape index (κ1) is 20.9. The van der Waals surface area contributed by atoms with Gasteiger partial charge in [0.2, 0.25) is 11.8 Å². The Balaban J connectivity index is 1.64. The lowest BCUT2D eigenvalue weighted by Gasteiger charge is -2.15. The fourth-order valence-corrected chi connectivity index (χ4v) is 3.37. The highest BCUT2D eigenvalue weighted by Gasteiger charge is 2.14. The van der Waals surface area contributed by atoms with Crippen molar-refractivity contribution in [3.8, 4) is 22.9 Å². The largest absolute Gasteiger partial charge is 0.473 e. The molecule has 3 aromatic carbocycles. The quantitative estimate of drug-likeness (QED) is 0.369. The van der Waals surface area contributed by atoms with Gasteiger partial charge in [-0.15, -0.1) is 0 Å². The van der Waals surface area contributed by atoms with Crippen molar-refractivity contribution in [1.29, 1.82) is 0 Å². The summed E-state index contributed by atoms with van der Waals surface area (Å²) in [5.74, 6) is 0.886. The highest BCUT2D eigenvalue weighted by atomic mass is 35.5. The lowest BCUT2D eigenvalue weighted by molar-refractivity contribution is 0.268. The molecule has 0 amide bonds. The molecule has 0 saturated carbocycles. The van der Waals surface area contributed by atoms with E-state index in [0.29, 0.717) is 30.0 Å². The molecule has 0 atom stereocenters. The molecule has 4 aromatic rings. The molecule has 0 fully saturated rings. The highest BCUT2D eigenvalue weighted by molar-refractivity contribution is 6.33. The van der Waals surface area contributed by atoms with Crippen LogP contribution in [0.15, 0.2) is 91.0 Å². The minimum atomic E-state index is -0.0733. The van der Waals surface area contributed by atoms with Gasteiger partial charge in [-0.2, -0.15) is 4.98 Å². The zero-order valence-corrected chi connectivity index (χ0v) is 17.6. The van der Waals surface area contributed by atoms with Crippen molar-refractivity contribution >= 4 is 11.6 Å². The molecule has 31 heavy (non-hydrogen) atoms. The molecule has 5 heteroatoms. The maximum Gasteiger partial charge on any atom is 0.225 e. The second-order valence-electron chi connectivity index (χ2n) is 7.02. The Bertz CT molecular complexity index is 1130. The van der Waals surface area contributed by atoms with Crippen LogP contribution in [0.5, 0.6) is 11.8 Å². The molecule has 0 saturated heterocycles. The predicted octanol–water partition coefficient (Wildman–Crippen LogP) is 6.05. The molecule has 0 spiro atoms. The summed E-state index contributed by atoms with van der Waals surface area (Å²) in [7, 11) is 0. The monoisotopic (exact) mass is 431 g/mol. The smallest absolute Gasteiger partial charge is 0.225 e. The average Bonchev–Trinajstić information content (AvgIpc) is 2.83. The van der Waals surface area contributed by atoms with Crippen molar-refractivity contribution in [2.24, 2.45) is 0 Å². The number of hydrogen-bond acceptors (Lipinski definition) is 4. The first-order chi connectivity index (χ1) is 15.2. The van der Waals surface area contributed by atoms with Gasteiger partial charge in [0, 0.05) is 22.2 Å². The van der Waals surface area contributed by atoms with Crippen LogP contribution < -0.4 is 9.47 Å². The van der Waals surface area contributed by atoms with Crippen LogP contribution in [0.25, 0.3) is 11.1 Å². The number of ether oxygens (including phenoxy) is 2. The van der Waals surface area contributed by atoms with Gasteiger partial charge >= 0.3 is 0 Å². The van der Waals surface area contributed by atoms with E-state index in [2.05, 4.69) is 4.98 Å². The van der Waals surface area contributed by atoms with Crippen molar-refractivity contribution in [2.75, 3.05) is 0 Å². The third-order valence-electron chi connectivity index (χ3n) is 4.79. The molecule has 0 aliphatic heterocycles. The zero-order valence-electron chi connectivity index (χ0n) is 16.9. The van der Waals surface area contributed by atoms with E-state index in [0.717, 1.165) is 27.8 Å². The summed E-state index contributed by atoms with van der Waals surface area (Å²) in [6.07, 6.45) is 0. The van der Waals surface area contributed by atoms with Crippen molar-refractivity contribution < 1.29 is 14.6 Å². The van der Waals surface area contributed by atoms with Gasteiger partial charge in [0.15, 0.2) is 0 Å². The molecule has 1 N–H and O–H groups in total. The Morgan fingerprint density at radius 2 is 1.32 bits per heavy atom. The molecule has 4 rings (SSSR count). The van der Waals surface area contributed by atoms with Crippen molar-refractivity contribution in [3.05, 3.63) is 113 Å². The molecule has 0 bridgehead atoms. The standard InChI is InChI=1S/C26H22ClNO3/c27-24-13-11-21(16-29)15-23(24)22-12-14-25(30-17-19-7-3-1-4-8-19)28-26(22)31-18-20-9-5-2-6-10-20/h1-15,29H,16-18H2. The molecule has 156 valence electrons. The van der Waals surface area contributed by atoms with E-state index in [1.807, 2.05) is 72.8 Å². The number of pyridine rings is 1. The number of aliphatic hydroxyl groups is 1. The van der Waals surface area contributed by atoms with E-state index < -0.39 is 0 Å². The molecule has 4 nitrogen and oxygen atoms in total. The number of aliphatic hydroxyl groups excluding tert-OH is 1. The first-order valence-corrected chi connectivity index (χ1v) is 10.3. The van der Waals surface area contributed by atoms with Crippen LogP contribution in [-0.2, 0) is 19.8 Å². The van der Waals surface area contributed by atoms with E-state index in [9.17, 15) is 5.11 Å². The average molecular weight is 432 g/mol. The van der Waals surface area contributed by atoms with Gasteiger partial charge in [0.05, 0.1) is 6.61 Å². The minimum Gasteiger partial charge on any atom is -0.473 e. The van der Waals surface area contributed by atoms with E-state index in [1.54, 1.807) is 18.2 Å². The molecule has 1 heterocycles. The summed E-state index contributed by atoms with van der Waals surface area (Å²) < 4.78 is 12.0. The topological polar surface area (TPSA) is 51.6 Å². The predicted molar refractivity (Wildman–Crippen MR) is 122 cm³/mol. The fourth-order valence-electron chi connectivity index (χ4n) is 3.15. The number of halogens is 1. The van der Waals surface area contributed by atoms with Crippen molar-refractivity contribution in [1.82, 2.24) is 4.98 Å². The number of nitrogens with zero attached hydrogens (tertiary/aromatic N) is 1. The first-order valence-electron chi connectivity index (χ1n) is 9.97. The second-order valence-corrected chi connectivity index (χ2v) is 7.43. The van der Waals surface area contributed by atoms with Crippen LogP contribution in [-0.4, -0.2) is 10.1 Å². The second kappa shape index (κ2) is 10.1. The molecule has 0 aliphatic rings. The SMILES string of the molecule is OCc1ccc(Cl)c(-c2ccc(OCc3ccccc3)nc2OCc2ccccc2)c1. The zero-order chi connectivity index (χ0) is 21.5. The molecule has 0 aliphatic carbocycles. The summed E-state index contributed by atoms with van der Waals surface area (Å²) in [6, 6.07) is 28.9. The van der Waals surface area contributed by atoms with Crippen LogP contribution in [0, 0.1) is 0 Å². The Morgan fingerprint density at radius 1 is 0.677 bits per heavy atom. The van der Waals surface area contributed by atoms with Crippen LogP contribution in [0.3, 0.4) is 0 Å². The summed E-state index contributed by atoms with van der Waals surface area (Å²) >= 11 is 6.46. The van der Waals surface area contributed by atoms with Crippen LogP contribution in [0.2, 0.25) is 5.02 Å². The third kappa shape index (κ3) is 5.43. The molecular formula is C26H22ClNO3. The molecule has 0 unspecified atom stereocenters. The van der Waals surface area contributed by atoms with Gasteiger partial charge in [0.1, 0.15) is 13.2 Å². The summed E-state index contributed by atoms with van der Waals surface area (Å²) in [5.41, 5.74) is 4.33. The molecule has 0 radical (unpaired) electrons. The van der Waals surface area contributed by atoms with Crippen LogP contribution in [0.1, 0.15) is 16.7 Å². The van der Waals surface area contributed by atoms with Crippen LogP contribution >= 0.6 is 11.6 Å². The maximum atomic E-state index is 9.53. The molecule has 1 aromatic heterocycles. The lowest BCUT2D eigenvalue weighted by atomic mass is 10.0. The Hall–Kier alpha value is -3.34. The van der Waals surface area contributed by atoms with E-state index in [1.165, 1.54) is 0 Å². The van der Waals surface area contributed by atoms with Gasteiger partial charge < -0.3 is 14.6 Å². The number of hydrogen-bond donors (Lipinski definition) is 1. The normalized spacial score (nSPS) is 10.6. The minimum absolute atomic E-state index is 0.0733. The number of rotatable bonds is 8. The summed E-state index contributed by atoms with van der Waals surface area (Å²) in [6.45, 7) is 0.697. The highest BCUT2D eigenvalue weighted by Crippen LogP contribution is 2.36. The van der Waals surface area contributed by atoms with Gasteiger partial charge in [-0.3, -0.25) is 0 Å². The van der Waals surface area contributed by atoms with E-state index in [-0.39, 0.29) is 6.61 Å². The van der Waals surface area contributed by atoms with Crippen molar-refractivity contribution in [2.45, 2.75) is 19.8 Å². The maximum absolute atomic E-state index is 9.53. The van der Waals surface area contributed by atoms with E-state index >= 15 is 0 Å². The van der Waals surface area contributed by atoms with Gasteiger partial charge in [-0.05, 0) is 34.9 Å². The number of aromatic nitrogens is 1. The Labute approximate surface area is 186 Å². The van der Waals surface area contributed by atoms with E-state index in [4.69, 9.17) is 21.1 Å². The molecular weight excluding hydrogens is 410 g/mol. The Kier molecular flexibility index (Phi) is 6.82. The van der Waals surface area contributed by atoms with Crippen LogP contribution in [0.4, 0.5) is 0 Å². The number of benzene rings is 3. The van der Waals surface area contributed by atoms with Crippen molar-refractivity contribution in [3.63, 3.8) is 0 Å².